The fourth-order valence-corrected chi connectivity index (χ4v) is 2.02. The maximum Gasteiger partial charge on any atom is 0.274 e. The van der Waals surface area contributed by atoms with Gasteiger partial charge in [-0.25, -0.2) is 4.39 Å². The zero-order valence-corrected chi connectivity index (χ0v) is 13.3. The Hall–Kier alpha value is -2.18. The van der Waals surface area contributed by atoms with E-state index in [9.17, 15) is 14.0 Å². The van der Waals surface area contributed by atoms with Crippen LogP contribution in [0.25, 0.3) is 0 Å². The number of halogens is 2. The standard InChI is InChI=1S/C16H18FN3O2.ClH/c17-13-7-5-12(6-8-13)11-20-10-2-3-14(16(20)22)19-15(21)4-1-9-18;/h2-3,5-8,10H,1,4,9,11,18H2,(H,19,21);1H. The molecule has 3 N–H and O–H groups in total. The lowest BCUT2D eigenvalue weighted by Gasteiger charge is -2.09. The number of pyridine rings is 1. The van der Waals surface area contributed by atoms with Crippen LogP contribution in [0.1, 0.15) is 18.4 Å². The number of benzene rings is 1. The van der Waals surface area contributed by atoms with Crippen molar-refractivity contribution < 1.29 is 9.18 Å². The summed E-state index contributed by atoms with van der Waals surface area (Å²) in [6, 6.07) is 9.17. The average Bonchev–Trinajstić information content (AvgIpc) is 2.51. The van der Waals surface area contributed by atoms with Gasteiger partial charge in [0.15, 0.2) is 0 Å². The molecule has 0 fully saturated rings. The molecule has 1 heterocycles. The van der Waals surface area contributed by atoms with Gasteiger partial charge in [0, 0.05) is 12.6 Å². The second-order valence-electron chi connectivity index (χ2n) is 4.92. The Morgan fingerprint density at radius 3 is 2.57 bits per heavy atom. The highest BCUT2D eigenvalue weighted by molar-refractivity contribution is 5.90. The maximum atomic E-state index is 12.9. The van der Waals surface area contributed by atoms with Gasteiger partial charge in [0.1, 0.15) is 11.5 Å². The van der Waals surface area contributed by atoms with Gasteiger partial charge in [-0.05, 0) is 42.8 Å². The summed E-state index contributed by atoms with van der Waals surface area (Å²) in [5, 5.41) is 2.59. The highest BCUT2D eigenvalue weighted by atomic mass is 35.5. The molecule has 0 aliphatic carbocycles. The Labute approximate surface area is 139 Å². The molecule has 7 heteroatoms. The smallest absolute Gasteiger partial charge is 0.274 e. The number of nitrogens with one attached hydrogen (secondary N) is 1. The summed E-state index contributed by atoms with van der Waals surface area (Å²) in [6.45, 7) is 0.739. The van der Waals surface area contributed by atoms with Crippen molar-refractivity contribution in [1.29, 1.82) is 0 Å². The SMILES string of the molecule is Cl.NCCCC(=O)Nc1cccn(Cc2ccc(F)cc2)c1=O. The lowest BCUT2D eigenvalue weighted by Crippen LogP contribution is -2.26. The van der Waals surface area contributed by atoms with Gasteiger partial charge in [-0.15, -0.1) is 12.4 Å². The van der Waals surface area contributed by atoms with Gasteiger partial charge >= 0.3 is 0 Å². The molecule has 0 aliphatic heterocycles. The second kappa shape index (κ2) is 9.07. The summed E-state index contributed by atoms with van der Waals surface area (Å²) in [7, 11) is 0. The largest absolute Gasteiger partial charge is 0.330 e. The number of carbonyl (C=O) groups is 1. The van der Waals surface area contributed by atoms with E-state index in [0.717, 1.165) is 5.56 Å². The number of carbonyl (C=O) groups excluding carboxylic acids is 1. The van der Waals surface area contributed by atoms with Gasteiger partial charge in [-0.1, -0.05) is 12.1 Å². The molecule has 23 heavy (non-hydrogen) atoms. The van der Waals surface area contributed by atoms with Gasteiger partial charge in [0.25, 0.3) is 5.56 Å². The lowest BCUT2D eigenvalue weighted by molar-refractivity contribution is -0.116. The molecule has 0 saturated heterocycles. The molecule has 1 amide bonds. The van der Waals surface area contributed by atoms with E-state index >= 15 is 0 Å². The van der Waals surface area contributed by atoms with E-state index in [1.54, 1.807) is 30.5 Å². The van der Waals surface area contributed by atoms with Crippen molar-refractivity contribution >= 4 is 24.0 Å². The molecule has 0 saturated carbocycles. The molecule has 5 nitrogen and oxygen atoms in total. The predicted octanol–water partition coefficient (Wildman–Crippen LogP) is 2.13. The first-order chi connectivity index (χ1) is 10.6. The van der Waals surface area contributed by atoms with Crippen LogP contribution in [0.5, 0.6) is 0 Å². The number of amides is 1. The number of anilines is 1. The summed E-state index contributed by atoms with van der Waals surface area (Å²) in [5.74, 6) is -0.556. The minimum absolute atomic E-state index is 0. The van der Waals surface area contributed by atoms with Crippen LogP contribution in [0.2, 0.25) is 0 Å². The fraction of sp³-hybridized carbons (Fsp3) is 0.250. The number of nitrogens with zero attached hydrogens (tertiary/aromatic N) is 1. The van der Waals surface area contributed by atoms with Gasteiger partial charge in [-0.3, -0.25) is 9.59 Å². The Balaban J connectivity index is 0.00000264. The van der Waals surface area contributed by atoms with E-state index in [1.807, 2.05) is 0 Å². The fourth-order valence-electron chi connectivity index (χ4n) is 2.02. The number of rotatable bonds is 6. The van der Waals surface area contributed by atoms with E-state index in [0.29, 0.717) is 19.5 Å². The summed E-state index contributed by atoms with van der Waals surface area (Å²) in [6.07, 6.45) is 2.48. The maximum absolute atomic E-state index is 12.9. The topological polar surface area (TPSA) is 77.1 Å². The normalized spacial score (nSPS) is 10.0. The summed E-state index contributed by atoms with van der Waals surface area (Å²) >= 11 is 0. The van der Waals surface area contributed by atoms with Crippen molar-refractivity contribution in [2.24, 2.45) is 5.73 Å². The summed E-state index contributed by atoms with van der Waals surface area (Å²) in [4.78, 5) is 24.0. The Morgan fingerprint density at radius 2 is 1.91 bits per heavy atom. The molecule has 2 aromatic rings. The highest BCUT2D eigenvalue weighted by Crippen LogP contribution is 2.06. The Kier molecular flexibility index (Phi) is 7.44. The van der Waals surface area contributed by atoms with Crippen LogP contribution < -0.4 is 16.6 Å². The molecule has 1 aromatic carbocycles. The third kappa shape index (κ3) is 5.50. The molecular formula is C16H19ClFN3O2. The van der Waals surface area contributed by atoms with Crippen molar-refractivity contribution in [3.05, 3.63) is 64.3 Å². The zero-order chi connectivity index (χ0) is 15.9. The van der Waals surface area contributed by atoms with Gasteiger partial charge < -0.3 is 15.6 Å². The number of hydrogen-bond acceptors (Lipinski definition) is 3. The third-order valence-corrected chi connectivity index (χ3v) is 3.17. The molecule has 2 rings (SSSR count). The van der Waals surface area contributed by atoms with Crippen LogP contribution in [0.15, 0.2) is 47.4 Å². The summed E-state index contributed by atoms with van der Waals surface area (Å²) < 4.78 is 14.4. The van der Waals surface area contributed by atoms with Crippen LogP contribution in [-0.4, -0.2) is 17.0 Å². The number of aromatic nitrogens is 1. The monoisotopic (exact) mass is 339 g/mol. The quantitative estimate of drug-likeness (QED) is 0.846. The van der Waals surface area contributed by atoms with Crippen LogP contribution in [-0.2, 0) is 11.3 Å². The minimum Gasteiger partial charge on any atom is -0.330 e. The first kappa shape index (κ1) is 18.9. The van der Waals surface area contributed by atoms with E-state index in [-0.39, 0.29) is 41.8 Å². The molecule has 0 atom stereocenters. The van der Waals surface area contributed by atoms with E-state index in [4.69, 9.17) is 5.73 Å². The first-order valence-corrected chi connectivity index (χ1v) is 7.04. The zero-order valence-electron chi connectivity index (χ0n) is 12.5. The van der Waals surface area contributed by atoms with Crippen LogP contribution in [0.4, 0.5) is 10.1 Å². The van der Waals surface area contributed by atoms with Crippen molar-refractivity contribution in [3.63, 3.8) is 0 Å². The van der Waals surface area contributed by atoms with Crippen LogP contribution in [0.3, 0.4) is 0 Å². The predicted molar refractivity (Wildman–Crippen MR) is 90.4 cm³/mol. The molecule has 0 aliphatic rings. The van der Waals surface area contributed by atoms with E-state index in [1.165, 1.54) is 16.7 Å². The average molecular weight is 340 g/mol. The van der Waals surface area contributed by atoms with Crippen molar-refractivity contribution in [2.45, 2.75) is 19.4 Å². The van der Waals surface area contributed by atoms with Gasteiger partial charge in [0.2, 0.25) is 5.91 Å². The molecular weight excluding hydrogens is 321 g/mol. The Morgan fingerprint density at radius 1 is 1.22 bits per heavy atom. The lowest BCUT2D eigenvalue weighted by atomic mass is 10.2. The summed E-state index contributed by atoms with van der Waals surface area (Å²) in [5.41, 5.74) is 6.08. The van der Waals surface area contributed by atoms with Crippen LogP contribution in [0, 0.1) is 5.82 Å². The molecule has 1 aromatic heterocycles. The van der Waals surface area contributed by atoms with E-state index < -0.39 is 0 Å². The third-order valence-electron chi connectivity index (χ3n) is 3.17. The molecule has 0 unspecified atom stereocenters. The Bertz CT molecular complexity index is 701. The second-order valence-corrected chi connectivity index (χ2v) is 4.92. The van der Waals surface area contributed by atoms with E-state index in [2.05, 4.69) is 5.32 Å². The molecule has 0 bridgehead atoms. The molecule has 0 radical (unpaired) electrons. The van der Waals surface area contributed by atoms with Gasteiger partial charge in [-0.2, -0.15) is 0 Å². The van der Waals surface area contributed by atoms with Crippen molar-refractivity contribution in [1.82, 2.24) is 4.57 Å². The highest BCUT2D eigenvalue weighted by Gasteiger charge is 2.07. The number of hydrogen-bond donors (Lipinski definition) is 2. The minimum atomic E-state index is -0.322. The molecule has 124 valence electrons. The molecule has 0 spiro atoms. The number of nitrogens with two attached hydrogens (primary N) is 1. The van der Waals surface area contributed by atoms with Crippen molar-refractivity contribution in [2.75, 3.05) is 11.9 Å². The van der Waals surface area contributed by atoms with Crippen LogP contribution >= 0.6 is 12.4 Å². The van der Waals surface area contributed by atoms with Crippen molar-refractivity contribution in [3.8, 4) is 0 Å². The first-order valence-electron chi connectivity index (χ1n) is 7.04. The van der Waals surface area contributed by atoms with Gasteiger partial charge in [0.05, 0.1) is 6.54 Å².